The summed E-state index contributed by atoms with van der Waals surface area (Å²) in [4.78, 5) is 26.9. The summed E-state index contributed by atoms with van der Waals surface area (Å²) < 4.78 is 32.1. The Kier molecular flexibility index (Phi) is 5.62. The van der Waals surface area contributed by atoms with Crippen molar-refractivity contribution in [3.63, 3.8) is 0 Å². The Bertz CT molecular complexity index is 1080. The lowest BCUT2D eigenvalue weighted by Crippen LogP contribution is -2.38. The summed E-state index contributed by atoms with van der Waals surface area (Å²) in [6.07, 6.45) is 2.43. The van der Waals surface area contributed by atoms with Crippen molar-refractivity contribution in [1.82, 2.24) is 4.31 Å². The highest BCUT2D eigenvalue weighted by Crippen LogP contribution is 2.31. The fraction of sp³-hybridized carbons (Fsp3) is 0.364. The van der Waals surface area contributed by atoms with Gasteiger partial charge in [0.1, 0.15) is 0 Å². The van der Waals surface area contributed by atoms with Crippen molar-refractivity contribution >= 4 is 27.6 Å². The maximum absolute atomic E-state index is 12.7. The molecule has 2 aliphatic rings. The van der Waals surface area contributed by atoms with Crippen LogP contribution in [0.15, 0.2) is 53.4 Å². The lowest BCUT2D eigenvalue weighted by atomic mass is 10.1. The molecule has 0 aromatic heterocycles. The Balaban J connectivity index is 1.44. The molecule has 2 aromatic rings. The molecule has 0 radical (unpaired) electrons. The Hall–Kier alpha value is -2.71. The van der Waals surface area contributed by atoms with Gasteiger partial charge in [-0.2, -0.15) is 4.31 Å². The molecule has 0 saturated carbocycles. The molecule has 2 heterocycles. The Labute approximate surface area is 176 Å². The summed E-state index contributed by atoms with van der Waals surface area (Å²) in [5.41, 5.74) is 2.03. The normalized spacial score (nSPS) is 19.0. The Morgan fingerprint density at radius 2 is 1.80 bits per heavy atom. The molecule has 4 rings (SSSR count). The average Bonchev–Trinajstić information content (AvgIpc) is 3.39. The minimum Gasteiger partial charge on any atom is -0.452 e. The van der Waals surface area contributed by atoms with Crippen LogP contribution >= 0.6 is 0 Å². The summed E-state index contributed by atoms with van der Waals surface area (Å²) >= 11 is 0. The quantitative estimate of drug-likeness (QED) is 0.684. The van der Waals surface area contributed by atoms with Crippen molar-refractivity contribution in [3.05, 3.63) is 59.7 Å². The number of sulfonamides is 1. The van der Waals surface area contributed by atoms with Gasteiger partial charge in [0, 0.05) is 24.8 Å². The minimum atomic E-state index is -3.63. The third-order valence-electron chi connectivity index (χ3n) is 5.58. The molecule has 0 spiro atoms. The summed E-state index contributed by atoms with van der Waals surface area (Å²) in [5, 5.41) is 0. The third kappa shape index (κ3) is 3.85. The SMILES string of the molecule is C[C@@H]1Cc2ccccc2N1C(=O)COC(=O)c1cccc(S(=O)(=O)N2CCCC2)c1. The van der Waals surface area contributed by atoms with Gasteiger partial charge in [0.25, 0.3) is 5.91 Å². The zero-order valence-corrected chi connectivity index (χ0v) is 17.6. The molecule has 1 saturated heterocycles. The van der Waals surface area contributed by atoms with E-state index in [4.69, 9.17) is 4.74 Å². The number of esters is 1. The zero-order chi connectivity index (χ0) is 21.3. The van der Waals surface area contributed by atoms with Crippen LogP contribution in [0.2, 0.25) is 0 Å². The molecule has 7 nitrogen and oxygen atoms in total. The number of hydrogen-bond donors (Lipinski definition) is 0. The minimum absolute atomic E-state index is 0.0115. The Morgan fingerprint density at radius 1 is 1.07 bits per heavy atom. The molecule has 30 heavy (non-hydrogen) atoms. The first-order valence-electron chi connectivity index (χ1n) is 10.1. The first-order chi connectivity index (χ1) is 14.4. The second-order valence-corrected chi connectivity index (χ2v) is 9.60. The predicted molar refractivity (Wildman–Crippen MR) is 112 cm³/mol. The van der Waals surface area contributed by atoms with E-state index >= 15 is 0 Å². The number of hydrogen-bond acceptors (Lipinski definition) is 5. The van der Waals surface area contributed by atoms with Crippen LogP contribution in [-0.2, 0) is 26.0 Å². The van der Waals surface area contributed by atoms with Crippen LogP contribution < -0.4 is 4.90 Å². The molecule has 2 aromatic carbocycles. The van der Waals surface area contributed by atoms with Crippen molar-refractivity contribution in [2.75, 3.05) is 24.6 Å². The molecule has 1 amide bonds. The summed E-state index contributed by atoms with van der Waals surface area (Å²) in [5.74, 6) is -1.02. The largest absolute Gasteiger partial charge is 0.452 e. The number of fused-ring (bicyclic) bond motifs is 1. The fourth-order valence-electron chi connectivity index (χ4n) is 4.09. The smallest absolute Gasteiger partial charge is 0.338 e. The topological polar surface area (TPSA) is 84.0 Å². The second-order valence-electron chi connectivity index (χ2n) is 7.66. The fourth-order valence-corrected chi connectivity index (χ4v) is 5.65. The van der Waals surface area contributed by atoms with Gasteiger partial charge in [-0.15, -0.1) is 0 Å². The van der Waals surface area contributed by atoms with E-state index in [0.717, 1.165) is 30.5 Å². The van der Waals surface area contributed by atoms with E-state index in [9.17, 15) is 18.0 Å². The highest BCUT2D eigenvalue weighted by molar-refractivity contribution is 7.89. The molecule has 0 unspecified atom stereocenters. The van der Waals surface area contributed by atoms with E-state index in [1.807, 2.05) is 31.2 Å². The van der Waals surface area contributed by atoms with Gasteiger partial charge < -0.3 is 9.64 Å². The number of nitrogens with zero attached hydrogens (tertiary/aromatic N) is 2. The highest BCUT2D eigenvalue weighted by Gasteiger charge is 2.31. The van der Waals surface area contributed by atoms with Gasteiger partial charge in [-0.3, -0.25) is 4.79 Å². The first kappa shape index (κ1) is 20.6. The number of carbonyl (C=O) groups excluding carboxylic acids is 2. The van der Waals surface area contributed by atoms with Crippen LogP contribution in [-0.4, -0.2) is 50.3 Å². The van der Waals surface area contributed by atoms with Crippen LogP contribution in [0.5, 0.6) is 0 Å². The molecule has 2 aliphatic heterocycles. The molecular weight excluding hydrogens is 404 g/mol. The van der Waals surface area contributed by atoms with Crippen molar-refractivity contribution in [3.8, 4) is 0 Å². The maximum atomic E-state index is 12.7. The van der Waals surface area contributed by atoms with Gasteiger partial charge in [0.15, 0.2) is 6.61 Å². The first-order valence-corrected chi connectivity index (χ1v) is 11.5. The monoisotopic (exact) mass is 428 g/mol. The number of ether oxygens (including phenoxy) is 1. The molecule has 8 heteroatoms. The molecule has 0 N–H and O–H groups in total. The number of para-hydroxylation sites is 1. The van der Waals surface area contributed by atoms with Crippen molar-refractivity contribution in [2.24, 2.45) is 0 Å². The van der Waals surface area contributed by atoms with E-state index in [-0.39, 0.29) is 22.4 Å². The van der Waals surface area contributed by atoms with Gasteiger partial charge in [-0.1, -0.05) is 24.3 Å². The molecule has 0 aliphatic carbocycles. The molecule has 1 fully saturated rings. The number of rotatable bonds is 5. The number of carbonyl (C=O) groups is 2. The van der Waals surface area contributed by atoms with E-state index in [2.05, 4.69) is 0 Å². The molecule has 0 bridgehead atoms. The maximum Gasteiger partial charge on any atom is 0.338 e. The highest BCUT2D eigenvalue weighted by atomic mass is 32.2. The van der Waals surface area contributed by atoms with Gasteiger partial charge in [0.05, 0.1) is 10.5 Å². The summed E-state index contributed by atoms with van der Waals surface area (Å²) in [7, 11) is -3.63. The number of benzene rings is 2. The number of anilines is 1. The van der Waals surface area contributed by atoms with Gasteiger partial charge >= 0.3 is 5.97 Å². The lowest BCUT2D eigenvalue weighted by Gasteiger charge is -2.22. The van der Waals surface area contributed by atoms with E-state index in [1.165, 1.54) is 28.6 Å². The molecular formula is C22H24N2O5S. The molecule has 1 atom stereocenters. The van der Waals surface area contributed by atoms with Gasteiger partial charge in [-0.25, -0.2) is 13.2 Å². The predicted octanol–water partition coefficient (Wildman–Crippen LogP) is 2.61. The van der Waals surface area contributed by atoms with Crippen LogP contribution in [0.25, 0.3) is 0 Å². The average molecular weight is 429 g/mol. The van der Waals surface area contributed by atoms with Crippen molar-refractivity contribution in [1.29, 1.82) is 0 Å². The summed E-state index contributed by atoms with van der Waals surface area (Å²) in [6, 6.07) is 13.4. The molecule has 158 valence electrons. The van der Waals surface area contributed by atoms with Crippen molar-refractivity contribution in [2.45, 2.75) is 37.1 Å². The van der Waals surface area contributed by atoms with Crippen LogP contribution in [0.3, 0.4) is 0 Å². The van der Waals surface area contributed by atoms with E-state index in [1.54, 1.807) is 4.90 Å². The third-order valence-corrected chi connectivity index (χ3v) is 7.47. The van der Waals surface area contributed by atoms with Gasteiger partial charge in [-0.05, 0) is 56.0 Å². The van der Waals surface area contributed by atoms with Crippen LogP contribution in [0, 0.1) is 0 Å². The second kappa shape index (κ2) is 8.20. The van der Waals surface area contributed by atoms with Crippen LogP contribution in [0.4, 0.5) is 5.69 Å². The van der Waals surface area contributed by atoms with Crippen molar-refractivity contribution < 1.29 is 22.7 Å². The van der Waals surface area contributed by atoms with Crippen LogP contribution in [0.1, 0.15) is 35.7 Å². The van der Waals surface area contributed by atoms with Gasteiger partial charge in [0.2, 0.25) is 10.0 Å². The Morgan fingerprint density at radius 3 is 2.57 bits per heavy atom. The van der Waals surface area contributed by atoms with E-state index in [0.29, 0.717) is 13.1 Å². The van der Waals surface area contributed by atoms with E-state index < -0.39 is 22.6 Å². The standard InChI is InChI=1S/C22H24N2O5S/c1-16-13-17-7-2-3-10-20(17)24(16)21(25)15-29-22(26)18-8-6-9-19(14-18)30(27,28)23-11-4-5-12-23/h2-3,6-10,14,16H,4-5,11-13,15H2,1H3/t16-/m1/s1. The summed E-state index contributed by atoms with van der Waals surface area (Å²) in [6.45, 7) is 2.52. The number of amides is 1. The zero-order valence-electron chi connectivity index (χ0n) is 16.8. The lowest BCUT2D eigenvalue weighted by molar-refractivity contribution is -0.122.